The maximum Gasteiger partial charge on any atom is 0.410 e. The van der Waals surface area contributed by atoms with Crippen LogP contribution in [0.25, 0.3) is 0 Å². The Kier molecular flexibility index (Phi) is 4.14. The molecule has 0 spiro atoms. The van der Waals surface area contributed by atoms with E-state index in [2.05, 4.69) is 23.8 Å². The highest BCUT2D eigenvalue weighted by Gasteiger charge is 2.44. The summed E-state index contributed by atoms with van der Waals surface area (Å²) in [6.07, 6.45) is 3.58. The van der Waals surface area contributed by atoms with E-state index >= 15 is 0 Å². The molecule has 0 radical (unpaired) electrons. The number of amides is 1. The second-order valence-electron chi connectivity index (χ2n) is 8.27. The molecule has 22 heavy (non-hydrogen) atoms. The number of piperazine rings is 1. The molecular weight excluding hydrogens is 278 g/mol. The molecule has 3 rings (SSSR count). The molecule has 5 heteroatoms. The summed E-state index contributed by atoms with van der Waals surface area (Å²) in [5.74, 6) is 0. The number of likely N-dealkylation sites (N-methyl/N-ethyl adjacent to an activating group) is 1. The van der Waals surface area contributed by atoms with Gasteiger partial charge in [0.2, 0.25) is 0 Å². The largest absolute Gasteiger partial charge is 0.444 e. The van der Waals surface area contributed by atoms with Crippen molar-refractivity contribution in [2.24, 2.45) is 0 Å². The van der Waals surface area contributed by atoms with Gasteiger partial charge < -0.3 is 9.64 Å². The summed E-state index contributed by atoms with van der Waals surface area (Å²) in [5, 5.41) is 0. The van der Waals surface area contributed by atoms with Crippen LogP contribution in [0, 0.1) is 0 Å². The molecule has 0 N–H and O–H groups in total. The van der Waals surface area contributed by atoms with E-state index in [4.69, 9.17) is 4.74 Å². The number of hydrogen-bond acceptors (Lipinski definition) is 4. The zero-order valence-corrected chi connectivity index (χ0v) is 14.7. The van der Waals surface area contributed by atoms with Crippen LogP contribution < -0.4 is 0 Å². The van der Waals surface area contributed by atoms with Crippen molar-refractivity contribution in [1.82, 2.24) is 14.7 Å². The zero-order chi connectivity index (χ0) is 16.1. The second kappa shape index (κ2) is 5.68. The van der Waals surface area contributed by atoms with E-state index in [9.17, 15) is 4.79 Å². The summed E-state index contributed by atoms with van der Waals surface area (Å²) in [6, 6.07) is 2.16. The van der Waals surface area contributed by atoms with Gasteiger partial charge in [-0.15, -0.1) is 0 Å². The van der Waals surface area contributed by atoms with E-state index in [1.165, 1.54) is 12.8 Å². The van der Waals surface area contributed by atoms with Crippen LogP contribution in [0.4, 0.5) is 4.79 Å². The summed E-state index contributed by atoms with van der Waals surface area (Å²) >= 11 is 0. The first-order valence-corrected chi connectivity index (χ1v) is 8.72. The van der Waals surface area contributed by atoms with E-state index in [1.807, 2.05) is 25.7 Å². The highest BCUT2D eigenvalue weighted by molar-refractivity contribution is 5.69. The van der Waals surface area contributed by atoms with Gasteiger partial charge in [-0.1, -0.05) is 0 Å². The van der Waals surface area contributed by atoms with Crippen molar-refractivity contribution in [1.29, 1.82) is 0 Å². The Hall–Kier alpha value is -0.810. The van der Waals surface area contributed by atoms with Crippen molar-refractivity contribution in [2.45, 2.75) is 76.7 Å². The van der Waals surface area contributed by atoms with Gasteiger partial charge in [-0.2, -0.15) is 0 Å². The Labute approximate surface area is 134 Å². The molecule has 0 saturated carbocycles. The molecule has 3 saturated heterocycles. The quantitative estimate of drug-likeness (QED) is 0.744. The first-order valence-electron chi connectivity index (χ1n) is 8.72. The molecule has 2 bridgehead atoms. The summed E-state index contributed by atoms with van der Waals surface area (Å²) in [4.78, 5) is 19.5. The van der Waals surface area contributed by atoms with Gasteiger partial charge in [-0.25, -0.2) is 4.79 Å². The number of nitrogens with zero attached hydrogens (tertiary/aromatic N) is 3. The fraction of sp³-hybridized carbons (Fsp3) is 0.941. The number of carbonyl (C=O) groups excluding carboxylic acids is 1. The SMILES string of the molecule is C[C@H]1[C@@H](N2CC3CCC(C2)N3C)CCN1C(=O)OC(C)(C)C. The van der Waals surface area contributed by atoms with Crippen LogP contribution >= 0.6 is 0 Å². The first kappa shape index (κ1) is 16.1. The Morgan fingerprint density at radius 2 is 1.68 bits per heavy atom. The number of likely N-dealkylation sites (tertiary alicyclic amines) is 2. The molecule has 0 aromatic rings. The fourth-order valence-corrected chi connectivity index (χ4v) is 4.41. The molecule has 0 aliphatic carbocycles. The Balaban J connectivity index is 1.62. The van der Waals surface area contributed by atoms with Crippen LogP contribution in [-0.4, -0.2) is 77.2 Å². The van der Waals surface area contributed by atoms with Crippen LogP contribution in [0.2, 0.25) is 0 Å². The third-order valence-electron chi connectivity index (χ3n) is 5.69. The number of carbonyl (C=O) groups is 1. The van der Waals surface area contributed by atoms with E-state index in [0.29, 0.717) is 18.1 Å². The lowest BCUT2D eigenvalue weighted by Crippen LogP contribution is -2.57. The monoisotopic (exact) mass is 309 g/mol. The number of hydrogen-bond donors (Lipinski definition) is 0. The van der Waals surface area contributed by atoms with Crippen molar-refractivity contribution >= 4 is 6.09 Å². The first-order chi connectivity index (χ1) is 10.3. The normalized spacial score (nSPS) is 36.9. The molecule has 5 nitrogen and oxygen atoms in total. The van der Waals surface area contributed by atoms with Gasteiger partial charge in [0, 0.05) is 43.8 Å². The molecule has 126 valence electrons. The Morgan fingerprint density at radius 1 is 1.09 bits per heavy atom. The molecule has 1 amide bonds. The van der Waals surface area contributed by atoms with Gasteiger partial charge in [-0.05, 0) is 54.0 Å². The number of rotatable bonds is 1. The predicted octanol–water partition coefficient (Wildman–Crippen LogP) is 2.16. The van der Waals surface area contributed by atoms with Crippen molar-refractivity contribution in [2.75, 3.05) is 26.7 Å². The fourth-order valence-electron chi connectivity index (χ4n) is 4.41. The molecule has 3 fully saturated rings. The maximum absolute atomic E-state index is 12.4. The van der Waals surface area contributed by atoms with Crippen LogP contribution in [0.1, 0.15) is 47.0 Å². The van der Waals surface area contributed by atoms with Gasteiger partial charge >= 0.3 is 6.09 Å². The molecule has 0 aromatic heterocycles. The average Bonchev–Trinajstić information content (AvgIpc) is 2.84. The standard InChI is InChI=1S/C17H31N3O2/c1-12-15(8-9-20(12)16(21)22-17(2,3)4)19-10-13-6-7-14(11-19)18(13)5/h12-15H,6-11H2,1-5H3/t12-,13?,14?,15-/m0/s1. The molecular formula is C17H31N3O2. The minimum atomic E-state index is -0.415. The van der Waals surface area contributed by atoms with Crippen molar-refractivity contribution in [3.05, 3.63) is 0 Å². The molecule has 4 atom stereocenters. The summed E-state index contributed by atoms with van der Waals surface area (Å²) < 4.78 is 5.56. The second-order valence-corrected chi connectivity index (χ2v) is 8.27. The molecule has 3 heterocycles. The van der Waals surface area contributed by atoms with E-state index < -0.39 is 5.60 Å². The van der Waals surface area contributed by atoms with Gasteiger partial charge in [0.15, 0.2) is 0 Å². The Morgan fingerprint density at radius 3 is 2.23 bits per heavy atom. The van der Waals surface area contributed by atoms with Crippen molar-refractivity contribution in [3.63, 3.8) is 0 Å². The minimum Gasteiger partial charge on any atom is -0.444 e. The molecule has 3 aliphatic rings. The van der Waals surface area contributed by atoms with Crippen LogP contribution in [0.3, 0.4) is 0 Å². The minimum absolute atomic E-state index is 0.153. The van der Waals surface area contributed by atoms with Gasteiger partial charge in [0.1, 0.15) is 5.60 Å². The lowest BCUT2D eigenvalue weighted by atomic mass is 10.1. The van der Waals surface area contributed by atoms with E-state index in [-0.39, 0.29) is 12.1 Å². The average molecular weight is 309 g/mol. The topological polar surface area (TPSA) is 36.0 Å². The third kappa shape index (κ3) is 2.98. The van der Waals surface area contributed by atoms with Gasteiger partial charge in [0.25, 0.3) is 0 Å². The summed E-state index contributed by atoms with van der Waals surface area (Å²) in [5.41, 5.74) is -0.415. The summed E-state index contributed by atoms with van der Waals surface area (Å²) in [7, 11) is 2.27. The third-order valence-corrected chi connectivity index (χ3v) is 5.69. The maximum atomic E-state index is 12.4. The van der Waals surface area contributed by atoms with Crippen LogP contribution in [0.5, 0.6) is 0 Å². The molecule has 0 aromatic carbocycles. The van der Waals surface area contributed by atoms with Crippen LogP contribution in [-0.2, 0) is 4.74 Å². The zero-order valence-electron chi connectivity index (χ0n) is 14.7. The smallest absolute Gasteiger partial charge is 0.410 e. The van der Waals surface area contributed by atoms with E-state index in [1.54, 1.807) is 0 Å². The predicted molar refractivity (Wildman–Crippen MR) is 87.0 cm³/mol. The Bertz CT molecular complexity index is 420. The molecule has 2 unspecified atom stereocenters. The number of ether oxygens (including phenoxy) is 1. The van der Waals surface area contributed by atoms with Gasteiger partial charge in [0.05, 0.1) is 0 Å². The highest BCUT2D eigenvalue weighted by atomic mass is 16.6. The highest BCUT2D eigenvalue weighted by Crippen LogP contribution is 2.33. The molecule has 3 aliphatic heterocycles. The summed E-state index contributed by atoms with van der Waals surface area (Å²) in [6.45, 7) is 11.1. The van der Waals surface area contributed by atoms with Crippen molar-refractivity contribution < 1.29 is 9.53 Å². The van der Waals surface area contributed by atoms with Crippen molar-refractivity contribution in [3.8, 4) is 0 Å². The lowest BCUT2D eigenvalue weighted by Gasteiger charge is -2.43. The van der Waals surface area contributed by atoms with Crippen LogP contribution in [0.15, 0.2) is 0 Å². The van der Waals surface area contributed by atoms with E-state index in [0.717, 1.165) is 26.1 Å². The lowest BCUT2D eigenvalue weighted by molar-refractivity contribution is 0.0142. The van der Waals surface area contributed by atoms with Gasteiger partial charge in [-0.3, -0.25) is 9.80 Å². The number of fused-ring (bicyclic) bond motifs is 2.